The van der Waals surface area contributed by atoms with Gasteiger partial charge in [-0.2, -0.15) is 0 Å². The van der Waals surface area contributed by atoms with Crippen molar-refractivity contribution in [1.29, 1.82) is 0 Å². The molecule has 7 nitrogen and oxygen atoms in total. The summed E-state index contributed by atoms with van der Waals surface area (Å²) in [6.07, 6.45) is 3.84. The number of halogens is 1. The Labute approximate surface area is 149 Å². The van der Waals surface area contributed by atoms with E-state index in [1.54, 1.807) is 36.7 Å². The number of anilines is 1. The average Bonchev–Trinajstić information content (AvgIpc) is 3.10. The minimum Gasteiger partial charge on any atom is -0.495 e. The summed E-state index contributed by atoms with van der Waals surface area (Å²) in [4.78, 5) is 16.0. The molecule has 0 unspecified atom stereocenters. The van der Waals surface area contributed by atoms with Crippen LogP contribution in [0.2, 0.25) is 5.02 Å². The van der Waals surface area contributed by atoms with Gasteiger partial charge in [0.1, 0.15) is 5.75 Å². The van der Waals surface area contributed by atoms with Crippen LogP contribution in [-0.2, 0) is 11.2 Å². The fourth-order valence-electron chi connectivity index (χ4n) is 2.15. The molecule has 0 bridgehead atoms. The molecule has 2 aromatic heterocycles. The number of hydrogen-bond acceptors (Lipinski definition) is 6. The Morgan fingerprint density at radius 1 is 1.32 bits per heavy atom. The molecule has 1 N–H and O–H groups in total. The van der Waals surface area contributed by atoms with Gasteiger partial charge in [-0.15, -0.1) is 10.2 Å². The van der Waals surface area contributed by atoms with Crippen molar-refractivity contribution in [3.8, 4) is 17.2 Å². The quantitative estimate of drug-likeness (QED) is 0.726. The lowest BCUT2D eigenvalue weighted by atomic mass is 10.2. The van der Waals surface area contributed by atoms with Crippen molar-refractivity contribution in [1.82, 2.24) is 15.2 Å². The van der Waals surface area contributed by atoms with Gasteiger partial charge >= 0.3 is 0 Å². The molecule has 0 aliphatic carbocycles. The smallest absolute Gasteiger partial charge is 0.249 e. The van der Waals surface area contributed by atoms with E-state index < -0.39 is 0 Å². The molecule has 0 aliphatic heterocycles. The van der Waals surface area contributed by atoms with Crippen LogP contribution in [0.1, 0.15) is 12.3 Å². The highest BCUT2D eigenvalue weighted by atomic mass is 35.5. The van der Waals surface area contributed by atoms with Gasteiger partial charge in [0, 0.05) is 30.9 Å². The van der Waals surface area contributed by atoms with Gasteiger partial charge in [0.2, 0.25) is 17.7 Å². The SMILES string of the molecule is COc1ccc(NC(=O)CCc2nnc(-c3cccnc3)o2)cc1Cl. The van der Waals surface area contributed by atoms with Crippen LogP contribution < -0.4 is 10.1 Å². The van der Waals surface area contributed by atoms with Crippen LogP contribution in [0.4, 0.5) is 5.69 Å². The monoisotopic (exact) mass is 358 g/mol. The first-order chi connectivity index (χ1) is 12.2. The van der Waals surface area contributed by atoms with E-state index in [0.717, 1.165) is 5.56 Å². The lowest BCUT2D eigenvalue weighted by molar-refractivity contribution is -0.116. The van der Waals surface area contributed by atoms with E-state index in [1.165, 1.54) is 7.11 Å². The molecular formula is C17H15ClN4O3. The number of pyridine rings is 1. The molecule has 0 fully saturated rings. The van der Waals surface area contributed by atoms with Gasteiger partial charge in [-0.3, -0.25) is 9.78 Å². The van der Waals surface area contributed by atoms with E-state index in [0.29, 0.717) is 34.7 Å². The lowest BCUT2D eigenvalue weighted by Crippen LogP contribution is -2.12. The number of carbonyl (C=O) groups excluding carboxylic acids is 1. The maximum absolute atomic E-state index is 12.0. The standard InChI is InChI=1S/C17H15ClN4O3/c1-24-14-5-4-12(9-13(14)18)20-15(23)6-7-16-21-22-17(25-16)11-3-2-8-19-10-11/h2-5,8-10H,6-7H2,1H3,(H,20,23). The molecule has 3 aromatic rings. The Balaban J connectivity index is 1.56. The molecule has 0 spiro atoms. The van der Waals surface area contributed by atoms with Gasteiger partial charge in [0.15, 0.2) is 0 Å². The zero-order valence-corrected chi connectivity index (χ0v) is 14.2. The minimum absolute atomic E-state index is 0.178. The highest BCUT2D eigenvalue weighted by Crippen LogP contribution is 2.27. The van der Waals surface area contributed by atoms with Crippen LogP contribution in [-0.4, -0.2) is 28.2 Å². The molecule has 0 atom stereocenters. The van der Waals surface area contributed by atoms with Crippen LogP contribution >= 0.6 is 11.6 Å². The summed E-state index contributed by atoms with van der Waals surface area (Å²) < 4.78 is 10.6. The van der Waals surface area contributed by atoms with Crippen molar-refractivity contribution >= 4 is 23.2 Å². The highest BCUT2D eigenvalue weighted by molar-refractivity contribution is 6.32. The number of amides is 1. The van der Waals surface area contributed by atoms with E-state index in [1.807, 2.05) is 6.07 Å². The summed E-state index contributed by atoms with van der Waals surface area (Å²) >= 11 is 6.03. The molecule has 0 saturated carbocycles. The maximum atomic E-state index is 12.0. The number of aromatic nitrogens is 3. The zero-order valence-electron chi connectivity index (χ0n) is 13.4. The number of rotatable bonds is 6. The van der Waals surface area contributed by atoms with Gasteiger partial charge in [0.25, 0.3) is 0 Å². The second-order valence-electron chi connectivity index (χ2n) is 5.14. The van der Waals surface area contributed by atoms with Crippen molar-refractivity contribution in [3.63, 3.8) is 0 Å². The summed E-state index contributed by atoms with van der Waals surface area (Å²) in [5.41, 5.74) is 1.33. The summed E-state index contributed by atoms with van der Waals surface area (Å²) in [5.74, 6) is 1.14. The van der Waals surface area contributed by atoms with E-state index in [9.17, 15) is 4.79 Å². The van der Waals surface area contributed by atoms with E-state index in [-0.39, 0.29) is 12.3 Å². The number of methoxy groups -OCH3 is 1. The Morgan fingerprint density at radius 3 is 2.92 bits per heavy atom. The first-order valence-electron chi connectivity index (χ1n) is 7.52. The minimum atomic E-state index is -0.178. The number of aryl methyl sites for hydroxylation is 1. The topological polar surface area (TPSA) is 90.1 Å². The number of nitrogens with zero attached hydrogens (tertiary/aromatic N) is 3. The molecule has 25 heavy (non-hydrogen) atoms. The number of benzene rings is 1. The number of hydrogen-bond donors (Lipinski definition) is 1. The van der Waals surface area contributed by atoms with Crippen LogP contribution in [0.15, 0.2) is 47.1 Å². The summed E-state index contributed by atoms with van der Waals surface area (Å²) in [6.45, 7) is 0. The fourth-order valence-corrected chi connectivity index (χ4v) is 2.41. The van der Waals surface area contributed by atoms with Crippen LogP contribution in [0.5, 0.6) is 5.75 Å². The summed E-state index contributed by atoms with van der Waals surface area (Å²) in [5, 5.41) is 11.1. The third kappa shape index (κ3) is 4.33. The first kappa shape index (κ1) is 16.9. The third-order valence-corrected chi connectivity index (χ3v) is 3.67. The van der Waals surface area contributed by atoms with Gasteiger partial charge in [-0.25, -0.2) is 0 Å². The lowest BCUT2D eigenvalue weighted by Gasteiger charge is -2.07. The molecule has 128 valence electrons. The van der Waals surface area contributed by atoms with Crippen molar-refractivity contribution < 1.29 is 13.9 Å². The number of ether oxygens (including phenoxy) is 1. The predicted octanol–water partition coefficient (Wildman–Crippen LogP) is 3.36. The molecule has 1 amide bonds. The number of carbonyl (C=O) groups is 1. The Kier molecular flexibility index (Phi) is 5.25. The normalized spacial score (nSPS) is 10.5. The fraction of sp³-hybridized carbons (Fsp3) is 0.176. The Bertz CT molecular complexity index is 867. The van der Waals surface area contributed by atoms with Crippen LogP contribution in [0.3, 0.4) is 0 Å². The van der Waals surface area contributed by atoms with Crippen molar-refractivity contribution in [3.05, 3.63) is 53.6 Å². The van der Waals surface area contributed by atoms with Gasteiger partial charge < -0.3 is 14.5 Å². The number of nitrogens with one attached hydrogen (secondary N) is 1. The van der Waals surface area contributed by atoms with E-state index >= 15 is 0 Å². The van der Waals surface area contributed by atoms with Gasteiger partial charge in [-0.05, 0) is 30.3 Å². The largest absolute Gasteiger partial charge is 0.495 e. The van der Waals surface area contributed by atoms with Crippen molar-refractivity contribution in [2.24, 2.45) is 0 Å². The second-order valence-corrected chi connectivity index (χ2v) is 5.55. The molecule has 8 heteroatoms. The molecule has 3 rings (SSSR count). The average molecular weight is 359 g/mol. The second kappa shape index (κ2) is 7.76. The Hall–Kier alpha value is -2.93. The predicted molar refractivity (Wildman–Crippen MR) is 92.5 cm³/mol. The van der Waals surface area contributed by atoms with Crippen LogP contribution in [0.25, 0.3) is 11.5 Å². The maximum Gasteiger partial charge on any atom is 0.249 e. The van der Waals surface area contributed by atoms with Crippen molar-refractivity contribution in [2.45, 2.75) is 12.8 Å². The van der Waals surface area contributed by atoms with Gasteiger partial charge in [0.05, 0.1) is 17.7 Å². The molecular weight excluding hydrogens is 344 g/mol. The zero-order chi connectivity index (χ0) is 17.6. The molecule has 0 radical (unpaired) electrons. The summed E-state index contributed by atoms with van der Waals surface area (Å²) in [6, 6.07) is 8.65. The van der Waals surface area contributed by atoms with E-state index in [2.05, 4.69) is 20.5 Å². The van der Waals surface area contributed by atoms with Crippen molar-refractivity contribution in [2.75, 3.05) is 12.4 Å². The molecule has 2 heterocycles. The third-order valence-electron chi connectivity index (χ3n) is 3.38. The summed E-state index contributed by atoms with van der Waals surface area (Å²) in [7, 11) is 1.53. The molecule has 1 aromatic carbocycles. The Morgan fingerprint density at radius 2 is 2.20 bits per heavy atom. The van der Waals surface area contributed by atoms with E-state index in [4.69, 9.17) is 20.8 Å². The molecule has 0 aliphatic rings. The highest BCUT2D eigenvalue weighted by Gasteiger charge is 2.11. The molecule has 0 saturated heterocycles. The van der Waals surface area contributed by atoms with Crippen LogP contribution in [0, 0.1) is 0 Å². The first-order valence-corrected chi connectivity index (χ1v) is 7.89. The van der Waals surface area contributed by atoms with Gasteiger partial charge in [-0.1, -0.05) is 11.6 Å².